The SMILES string of the molecule is [As-3].[Ga].[Ga].[In+3].[In+3].[P-3]. The molecule has 0 aliphatic rings. The van der Waals surface area contributed by atoms with Gasteiger partial charge in [-0.15, -0.1) is 0 Å². The third-order valence-electron chi connectivity index (χ3n) is 0. The predicted molar refractivity (Wildman–Crippen MR) is 35.7 cm³/mol. The maximum atomic E-state index is 0. The summed E-state index contributed by atoms with van der Waals surface area (Å²) in [6.45, 7) is 0. The molecule has 0 aliphatic heterocycles. The van der Waals surface area contributed by atoms with Crippen molar-refractivity contribution in [3.8, 4) is 0 Å². The van der Waals surface area contributed by atoms with Crippen LogP contribution < -0.4 is 0 Å². The first kappa shape index (κ1) is 50.6. The van der Waals surface area contributed by atoms with E-state index in [1.54, 1.807) is 0 Å². The van der Waals surface area contributed by atoms with E-state index in [0.29, 0.717) is 0 Å². The minimum Gasteiger partial charge on any atom is -3.00 e. The predicted octanol–water partition coefficient (Wildman–Crippen LogP) is -1.04. The Morgan fingerprint density at radius 2 is 0.667 bits per heavy atom. The Balaban J connectivity index is 0. The average molecular weight is 475 g/mol. The zero-order valence-electron chi connectivity index (χ0n) is 3.20. The van der Waals surface area contributed by atoms with Gasteiger partial charge in [0.15, 0.2) is 0 Å². The summed E-state index contributed by atoms with van der Waals surface area (Å²) >= 11 is 0. The molecule has 0 aromatic carbocycles. The van der Waals surface area contributed by atoms with Gasteiger partial charge in [-0.25, -0.2) is 0 Å². The third-order valence-corrected chi connectivity index (χ3v) is 0. The fourth-order valence-electron chi connectivity index (χ4n) is 0. The average Bonchev–Trinajstić information content (AvgIpc) is 0. The van der Waals surface area contributed by atoms with Gasteiger partial charge < -0.3 is 27.9 Å². The maximum absolute atomic E-state index is 0. The van der Waals surface area contributed by atoms with Crippen LogP contribution in [0.1, 0.15) is 0 Å². The molecule has 0 fully saturated rings. The zero-order chi connectivity index (χ0) is 0. The molecule has 6 radical (unpaired) electrons. The van der Waals surface area contributed by atoms with E-state index in [-0.39, 0.29) is 119 Å². The molecular weight excluding hydrogens is 475 g/mol. The molecule has 0 heterocycles. The second-order valence-corrected chi connectivity index (χ2v) is 0. The molecule has 0 N–H and O–H groups in total. The van der Waals surface area contributed by atoms with E-state index in [2.05, 4.69) is 0 Å². The first-order valence-corrected chi connectivity index (χ1v) is 0. The zero-order valence-corrected chi connectivity index (χ0v) is 17.4. The van der Waals surface area contributed by atoms with Crippen LogP contribution in [0.3, 0.4) is 0 Å². The number of rotatable bonds is 0. The van der Waals surface area contributed by atoms with E-state index in [0.717, 1.165) is 0 Å². The number of hydrogen-bond donors (Lipinski definition) is 0. The third kappa shape index (κ3) is 24.5. The van der Waals surface area contributed by atoms with Gasteiger partial charge >= 0.3 is 51.7 Å². The summed E-state index contributed by atoms with van der Waals surface area (Å²) in [6.07, 6.45) is 0. The summed E-state index contributed by atoms with van der Waals surface area (Å²) in [5.74, 6) is 0. The molecule has 6 heteroatoms. The molecule has 0 saturated heterocycles. The monoisotopic (exact) mass is 474 g/mol. The minimum atomic E-state index is 0. The van der Waals surface area contributed by atoms with Crippen molar-refractivity contribution < 1.29 is 0 Å². The van der Waals surface area contributed by atoms with E-state index in [1.807, 2.05) is 0 Å². The fraction of sp³-hybridized carbons (Fsp3) is 0. The summed E-state index contributed by atoms with van der Waals surface area (Å²) in [4.78, 5) is 0. The van der Waals surface area contributed by atoms with E-state index >= 15 is 0 Å². The molecule has 0 nitrogen and oxygen atoms in total. The van der Waals surface area contributed by atoms with Crippen molar-refractivity contribution in [1.29, 1.82) is 0 Å². The largest absolute Gasteiger partial charge is 3.00 e. The molecule has 0 aromatic heterocycles. The summed E-state index contributed by atoms with van der Waals surface area (Å²) in [7, 11) is 0. The Hall–Kier alpha value is 4.00. The van der Waals surface area contributed by atoms with Crippen molar-refractivity contribution in [2.24, 2.45) is 0 Å². The molecular formula is AsGa2In2P. The quantitative estimate of drug-likeness (QED) is 0.311. The van der Waals surface area contributed by atoms with E-state index < -0.39 is 0 Å². The molecule has 0 unspecified atom stereocenters. The number of hydrogen-bond acceptors (Lipinski definition) is 0. The topological polar surface area (TPSA) is 0 Å². The summed E-state index contributed by atoms with van der Waals surface area (Å²) in [5.41, 5.74) is 0. The van der Waals surface area contributed by atoms with Gasteiger partial charge in [-0.3, -0.25) is 0 Å². The van der Waals surface area contributed by atoms with E-state index in [1.165, 1.54) is 0 Å². The first-order chi connectivity index (χ1) is 0. The van der Waals surface area contributed by atoms with Crippen LogP contribution in [0.4, 0.5) is 0 Å². The molecule has 0 spiro atoms. The Kier molecular flexibility index (Phi) is 304. The Morgan fingerprint density at radius 3 is 0.667 bits per heavy atom. The second kappa shape index (κ2) is 36.0. The smallest absolute Gasteiger partial charge is 3.00 e. The van der Waals surface area contributed by atoms with Crippen LogP contribution in [0.5, 0.6) is 0 Å². The molecule has 0 saturated carbocycles. The first-order valence-electron chi connectivity index (χ1n) is 0. The van der Waals surface area contributed by atoms with Gasteiger partial charge in [0.25, 0.3) is 0 Å². The van der Waals surface area contributed by atoms with Crippen LogP contribution in [-0.2, 0) is 0 Å². The van der Waals surface area contributed by atoms with Crippen LogP contribution in [0.2, 0.25) is 0 Å². The van der Waals surface area contributed by atoms with Crippen LogP contribution >= 0.6 is 9.90 Å². The Morgan fingerprint density at radius 1 is 0.667 bits per heavy atom. The van der Waals surface area contributed by atoms with Gasteiger partial charge in [-0.05, 0) is 0 Å². The van der Waals surface area contributed by atoms with Crippen molar-refractivity contribution in [2.75, 3.05) is 0 Å². The summed E-state index contributed by atoms with van der Waals surface area (Å²) in [5, 5.41) is 0. The second-order valence-electron chi connectivity index (χ2n) is 0. The van der Waals surface area contributed by atoms with Gasteiger partial charge in [0.05, 0.1) is 0 Å². The molecule has 0 aliphatic carbocycles. The molecule has 0 aromatic rings. The van der Waals surface area contributed by atoms with Crippen molar-refractivity contribution in [3.63, 3.8) is 0 Å². The van der Waals surface area contributed by atoms with Crippen LogP contribution in [0.25, 0.3) is 0 Å². The normalized spacial score (nSPS) is 0. The minimum absolute atomic E-state index is 0. The van der Waals surface area contributed by atoms with E-state index in [4.69, 9.17) is 0 Å². The van der Waals surface area contributed by atoms with Crippen molar-refractivity contribution >= 4 is 119 Å². The molecule has 0 amide bonds. The van der Waals surface area contributed by atoms with Crippen LogP contribution in [0.15, 0.2) is 0 Å². The fourth-order valence-corrected chi connectivity index (χ4v) is 0. The Bertz CT molecular complexity index is 11.5. The van der Waals surface area contributed by atoms with Gasteiger partial charge in [0.2, 0.25) is 0 Å². The standard InChI is InChI=1S/As.2Ga.2In.P/q-3;;;2*+3;-3. The van der Waals surface area contributed by atoms with Gasteiger partial charge in [0.1, 0.15) is 0 Å². The van der Waals surface area contributed by atoms with Crippen LogP contribution in [0, 0.1) is 0 Å². The van der Waals surface area contributed by atoms with Gasteiger partial charge in [-0.1, -0.05) is 0 Å². The molecule has 6 heavy (non-hydrogen) atoms. The summed E-state index contributed by atoms with van der Waals surface area (Å²) in [6, 6.07) is 0. The summed E-state index contributed by atoms with van der Waals surface area (Å²) < 4.78 is 0. The maximum Gasteiger partial charge on any atom is 3.00 e. The van der Waals surface area contributed by atoms with Crippen molar-refractivity contribution in [1.82, 2.24) is 0 Å². The molecule has 0 atom stereocenters. The van der Waals surface area contributed by atoms with Crippen molar-refractivity contribution in [2.45, 2.75) is 0 Å². The molecule has 0 bridgehead atoms. The van der Waals surface area contributed by atoms with Gasteiger partial charge in [0, 0.05) is 39.6 Å². The molecule has 0 rings (SSSR count). The van der Waals surface area contributed by atoms with Crippen LogP contribution in [-0.4, -0.2) is 109 Å². The van der Waals surface area contributed by atoms with Gasteiger partial charge in [-0.2, -0.15) is 0 Å². The van der Waals surface area contributed by atoms with E-state index in [9.17, 15) is 0 Å². The van der Waals surface area contributed by atoms with Crippen molar-refractivity contribution in [3.05, 3.63) is 0 Å². The Labute approximate surface area is 117 Å². The molecule has 22 valence electrons.